The van der Waals surface area contributed by atoms with E-state index in [4.69, 9.17) is 9.47 Å². The lowest BCUT2D eigenvalue weighted by Crippen LogP contribution is -2.46. The third kappa shape index (κ3) is 5.47. The van der Waals surface area contributed by atoms with Crippen molar-refractivity contribution in [2.45, 2.75) is 31.2 Å². The molecule has 0 aliphatic heterocycles. The summed E-state index contributed by atoms with van der Waals surface area (Å²) in [5.41, 5.74) is 0. The van der Waals surface area contributed by atoms with Gasteiger partial charge in [0.05, 0.1) is 13.7 Å². The molecular formula is C15H23NO4S. The van der Waals surface area contributed by atoms with E-state index in [0.29, 0.717) is 5.75 Å². The van der Waals surface area contributed by atoms with Crippen molar-refractivity contribution in [3.05, 3.63) is 24.3 Å². The minimum atomic E-state index is -0.609. The zero-order valence-corrected chi connectivity index (χ0v) is 13.6. The van der Waals surface area contributed by atoms with E-state index in [0.717, 1.165) is 5.75 Å². The molecule has 0 heterocycles. The second kappa shape index (κ2) is 8.79. The number of methoxy groups -OCH3 is 1. The van der Waals surface area contributed by atoms with Gasteiger partial charge in [0.2, 0.25) is 0 Å². The zero-order chi connectivity index (χ0) is 15.8. The molecule has 6 heteroatoms. The molecule has 1 amide bonds. The number of benzene rings is 1. The number of aliphatic hydroxyl groups is 1. The van der Waals surface area contributed by atoms with Crippen molar-refractivity contribution in [3.63, 3.8) is 0 Å². The molecule has 0 spiro atoms. The van der Waals surface area contributed by atoms with Gasteiger partial charge < -0.3 is 19.9 Å². The molecule has 0 fully saturated rings. The lowest BCUT2D eigenvalue weighted by molar-refractivity contribution is -0.127. The first kappa shape index (κ1) is 17.7. The number of hydrogen-bond acceptors (Lipinski definition) is 5. The SMILES string of the molecule is COc1ccc(OC(C)C(=O)NC(C)C(CO)SC)cc1. The van der Waals surface area contributed by atoms with Crippen LogP contribution in [-0.2, 0) is 4.79 Å². The third-order valence-electron chi connectivity index (χ3n) is 3.15. The van der Waals surface area contributed by atoms with Gasteiger partial charge in [0.15, 0.2) is 6.10 Å². The maximum absolute atomic E-state index is 12.1. The van der Waals surface area contributed by atoms with Crippen molar-refractivity contribution in [1.29, 1.82) is 0 Å². The molecule has 118 valence electrons. The summed E-state index contributed by atoms with van der Waals surface area (Å²) < 4.78 is 10.7. The molecular weight excluding hydrogens is 290 g/mol. The van der Waals surface area contributed by atoms with Gasteiger partial charge in [-0.05, 0) is 44.4 Å². The predicted molar refractivity (Wildman–Crippen MR) is 85.1 cm³/mol. The number of ether oxygens (including phenoxy) is 2. The van der Waals surface area contributed by atoms with Crippen LogP contribution < -0.4 is 14.8 Å². The van der Waals surface area contributed by atoms with Gasteiger partial charge in [0, 0.05) is 11.3 Å². The highest BCUT2D eigenvalue weighted by Gasteiger charge is 2.21. The number of aliphatic hydroxyl groups excluding tert-OH is 1. The summed E-state index contributed by atoms with van der Waals surface area (Å²) in [5.74, 6) is 1.14. The number of carbonyl (C=O) groups excluding carboxylic acids is 1. The minimum absolute atomic E-state index is 0.0241. The van der Waals surface area contributed by atoms with Crippen LogP contribution in [0.3, 0.4) is 0 Å². The quantitative estimate of drug-likeness (QED) is 0.764. The van der Waals surface area contributed by atoms with Crippen LogP contribution in [0.15, 0.2) is 24.3 Å². The van der Waals surface area contributed by atoms with Crippen LogP contribution in [0.25, 0.3) is 0 Å². The summed E-state index contributed by atoms with van der Waals surface area (Å²) in [6, 6.07) is 6.94. The first-order valence-corrected chi connectivity index (χ1v) is 8.05. The fraction of sp³-hybridized carbons (Fsp3) is 0.533. The van der Waals surface area contributed by atoms with Crippen LogP contribution in [0.4, 0.5) is 0 Å². The second-order valence-corrected chi connectivity index (χ2v) is 5.77. The zero-order valence-electron chi connectivity index (χ0n) is 12.8. The molecule has 21 heavy (non-hydrogen) atoms. The molecule has 0 radical (unpaired) electrons. The summed E-state index contributed by atoms with van der Waals surface area (Å²) in [6.45, 7) is 3.59. The molecule has 3 atom stereocenters. The number of carbonyl (C=O) groups is 1. The maximum Gasteiger partial charge on any atom is 0.261 e. The van der Waals surface area contributed by atoms with Gasteiger partial charge in [-0.15, -0.1) is 0 Å². The topological polar surface area (TPSA) is 67.8 Å². The Hall–Kier alpha value is -1.40. The van der Waals surface area contributed by atoms with E-state index >= 15 is 0 Å². The lowest BCUT2D eigenvalue weighted by atomic mass is 10.2. The molecule has 0 aromatic heterocycles. The van der Waals surface area contributed by atoms with Crippen LogP contribution in [0.1, 0.15) is 13.8 Å². The molecule has 0 aliphatic rings. The van der Waals surface area contributed by atoms with Gasteiger partial charge in [0.1, 0.15) is 11.5 Å². The molecule has 5 nitrogen and oxygen atoms in total. The average molecular weight is 313 g/mol. The fourth-order valence-corrected chi connectivity index (χ4v) is 2.41. The van der Waals surface area contributed by atoms with Crippen LogP contribution in [-0.4, -0.2) is 48.4 Å². The predicted octanol–water partition coefficient (Wildman–Crippen LogP) is 1.69. The summed E-state index contributed by atoms with van der Waals surface area (Å²) in [4.78, 5) is 12.1. The van der Waals surface area contributed by atoms with Crippen molar-refractivity contribution >= 4 is 17.7 Å². The van der Waals surface area contributed by atoms with E-state index in [-0.39, 0.29) is 23.8 Å². The van der Waals surface area contributed by atoms with E-state index < -0.39 is 6.10 Å². The summed E-state index contributed by atoms with van der Waals surface area (Å²) >= 11 is 1.52. The van der Waals surface area contributed by atoms with Crippen LogP contribution in [0.5, 0.6) is 11.5 Å². The van der Waals surface area contributed by atoms with Crippen LogP contribution in [0.2, 0.25) is 0 Å². The Morgan fingerprint density at radius 3 is 2.33 bits per heavy atom. The molecule has 2 N–H and O–H groups in total. The van der Waals surface area contributed by atoms with E-state index in [1.165, 1.54) is 11.8 Å². The monoisotopic (exact) mass is 313 g/mol. The molecule has 3 unspecified atom stereocenters. The average Bonchev–Trinajstić information content (AvgIpc) is 2.49. The van der Waals surface area contributed by atoms with E-state index in [9.17, 15) is 9.90 Å². The summed E-state index contributed by atoms with van der Waals surface area (Å²) in [6.07, 6.45) is 1.29. The molecule has 1 aromatic rings. The highest BCUT2D eigenvalue weighted by atomic mass is 32.2. The van der Waals surface area contributed by atoms with Crippen LogP contribution in [0, 0.1) is 0 Å². The Morgan fingerprint density at radius 1 is 1.29 bits per heavy atom. The first-order valence-electron chi connectivity index (χ1n) is 6.76. The number of nitrogens with one attached hydrogen (secondary N) is 1. The van der Waals surface area contributed by atoms with Gasteiger partial charge in [-0.3, -0.25) is 4.79 Å². The Morgan fingerprint density at radius 2 is 1.86 bits per heavy atom. The van der Waals surface area contributed by atoms with Crippen LogP contribution >= 0.6 is 11.8 Å². The largest absolute Gasteiger partial charge is 0.497 e. The smallest absolute Gasteiger partial charge is 0.261 e. The van der Waals surface area contributed by atoms with Gasteiger partial charge in [-0.2, -0.15) is 11.8 Å². The fourth-order valence-electron chi connectivity index (χ4n) is 1.78. The van der Waals surface area contributed by atoms with Gasteiger partial charge in [0.25, 0.3) is 5.91 Å². The number of rotatable bonds is 8. The molecule has 0 saturated carbocycles. The van der Waals surface area contributed by atoms with Crippen molar-refractivity contribution < 1.29 is 19.4 Å². The van der Waals surface area contributed by atoms with Crippen molar-refractivity contribution in [3.8, 4) is 11.5 Å². The highest BCUT2D eigenvalue weighted by Crippen LogP contribution is 2.18. The Kier molecular flexibility index (Phi) is 7.39. The molecule has 0 saturated heterocycles. The Labute approximate surface area is 130 Å². The number of hydrogen-bond donors (Lipinski definition) is 2. The number of amides is 1. The highest BCUT2D eigenvalue weighted by molar-refractivity contribution is 7.99. The third-order valence-corrected chi connectivity index (χ3v) is 4.31. The molecule has 1 rings (SSSR count). The molecule has 0 bridgehead atoms. The number of thioether (sulfide) groups is 1. The normalized spacial score (nSPS) is 14.9. The first-order chi connectivity index (χ1) is 10.0. The van der Waals surface area contributed by atoms with E-state index in [1.807, 2.05) is 13.2 Å². The van der Waals surface area contributed by atoms with Gasteiger partial charge in [-0.1, -0.05) is 0 Å². The van der Waals surface area contributed by atoms with Crippen molar-refractivity contribution in [1.82, 2.24) is 5.32 Å². The molecule has 1 aromatic carbocycles. The van der Waals surface area contributed by atoms with E-state index in [1.54, 1.807) is 38.3 Å². The minimum Gasteiger partial charge on any atom is -0.497 e. The summed E-state index contributed by atoms with van der Waals surface area (Å²) in [7, 11) is 1.59. The maximum atomic E-state index is 12.1. The Bertz CT molecular complexity index is 434. The second-order valence-electron chi connectivity index (χ2n) is 4.69. The molecule has 0 aliphatic carbocycles. The standard InChI is InChI=1S/C15H23NO4S/c1-10(14(9-17)21-4)16-15(18)11(2)20-13-7-5-12(19-3)6-8-13/h5-8,10-11,14,17H,9H2,1-4H3,(H,16,18). The van der Waals surface area contributed by atoms with Gasteiger partial charge >= 0.3 is 0 Å². The van der Waals surface area contributed by atoms with E-state index in [2.05, 4.69) is 5.32 Å². The van der Waals surface area contributed by atoms with Crippen molar-refractivity contribution in [2.75, 3.05) is 20.0 Å². The Balaban J connectivity index is 2.53. The van der Waals surface area contributed by atoms with Gasteiger partial charge in [-0.25, -0.2) is 0 Å². The van der Waals surface area contributed by atoms with Crippen molar-refractivity contribution in [2.24, 2.45) is 0 Å². The summed E-state index contributed by atoms with van der Waals surface area (Å²) in [5, 5.41) is 12.0. The lowest BCUT2D eigenvalue weighted by Gasteiger charge is -2.23.